The number of benzene rings is 3. The summed E-state index contributed by atoms with van der Waals surface area (Å²) in [5.41, 5.74) is 6.56. The molecule has 0 bridgehead atoms. The zero-order valence-electron chi connectivity index (χ0n) is 25.8. The number of carbonyl (C=O) groups excluding carboxylic acids is 3. The Kier molecular flexibility index (Phi) is 10.5. The van der Waals surface area contributed by atoms with Crippen LogP contribution in [0.15, 0.2) is 66.7 Å². The summed E-state index contributed by atoms with van der Waals surface area (Å²) < 4.78 is 9.84. The van der Waals surface area contributed by atoms with Crippen molar-refractivity contribution in [2.45, 2.75) is 13.1 Å². The number of nitrogens with zero attached hydrogens (tertiary/aromatic N) is 4. The van der Waals surface area contributed by atoms with E-state index in [0.717, 1.165) is 35.3 Å². The van der Waals surface area contributed by atoms with Crippen molar-refractivity contribution in [3.63, 3.8) is 0 Å². The molecule has 0 saturated carbocycles. The molecule has 1 fully saturated rings. The highest BCUT2D eigenvalue weighted by atomic mass is 16.5. The molecule has 11 nitrogen and oxygen atoms in total. The maximum Gasteiger partial charge on any atom is 0.254 e. The second-order valence-electron chi connectivity index (χ2n) is 11.0. The normalized spacial score (nSPS) is 13.5. The molecular formula is C34H38N6O5. The third-order valence-electron chi connectivity index (χ3n) is 7.63. The van der Waals surface area contributed by atoms with Gasteiger partial charge in [-0.25, -0.2) is 9.97 Å². The van der Waals surface area contributed by atoms with Crippen LogP contribution in [0.3, 0.4) is 0 Å². The molecule has 0 radical (unpaired) electrons. The van der Waals surface area contributed by atoms with Crippen LogP contribution in [-0.4, -0.2) is 98.1 Å². The van der Waals surface area contributed by atoms with E-state index < -0.39 is 0 Å². The quantitative estimate of drug-likeness (QED) is 0.266. The van der Waals surface area contributed by atoms with Gasteiger partial charge in [0.05, 0.1) is 22.4 Å². The van der Waals surface area contributed by atoms with Crippen LogP contribution in [0.5, 0.6) is 0 Å². The number of nitrogens with one attached hydrogen (secondary N) is 2. The number of ether oxygens (including phenoxy) is 2. The first-order valence-corrected chi connectivity index (χ1v) is 14.8. The molecule has 4 aromatic rings. The van der Waals surface area contributed by atoms with Crippen LogP contribution in [0.25, 0.3) is 33.5 Å². The second-order valence-corrected chi connectivity index (χ2v) is 11.0. The largest absolute Gasteiger partial charge is 0.375 e. The maximum atomic E-state index is 13.4. The Morgan fingerprint density at radius 3 is 1.78 bits per heavy atom. The minimum atomic E-state index is -0.207. The molecule has 1 aliphatic heterocycles. The molecule has 45 heavy (non-hydrogen) atoms. The summed E-state index contributed by atoms with van der Waals surface area (Å²) in [6.45, 7) is 3.67. The van der Waals surface area contributed by atoms with Crippen molar-refractivity contribution in [3.05, 3.63) is 83.4 Å². The Labute approximate surface area is 262 Å². The molecule has 0 atom stereocenters. The van der Waals surface area contributed by atoms with Crippen molar-refractivity contribution in [2.24, 2.45) is 0 Å². The number of amides is 3. The lowest BCUT2D eigenvalue weighted by molar-refractivity contribution is -0.125. The number of hydrogen-bond donors (Lipinski definition) is 2. The van der Waals surface area contributed by atoms with Crippen LogP contribution < -0.4 is 10.6 Å². The van der Waals surface area contributed by atoms with Crippen LogP contribution in [-0.2, 0) is 32.2 Å². The number of aromatic nitrogens is 2. The summed E-state index contributed by atoms with van der Waals surface area (Å²) in [6, 6.07) is 21.0. The molecule has 234 valence electrons. The van der Waals surface area contributed by atoms with Crippen molar-refractivity contribution in [2.75, 3.05) is 60.7 Å². The number of methoxy groups -OCH3 is 2. The Bertz CT molecular complexity index is 1690. The second kappa shape index (κ2) is 14.8. The van der Waals surface area contributed by atoms with Gasteiger partial charge in [-0.15, -0.1) is 0 Å². The SMILES string of the molecule is COCC(=O)NCc1cccc(-c2nc3ccc(C(=O)N4CCN(C)CC4)cc3nc2-c2cccc(CNC(=O)COC)c2)c1. The molecule has 1 aromatic heterocycles. The third kappa shape index (κ3) is 8.07. The molecule has 3 amide bonds. The smallest absolute Gasteiger partial charge is 0.254 e. The Hall–Kier alpha value is -4.71. The van der Waals surface area contributed by atoms with E-state index in [4.69, 9.17) is 19.4 Å². The summed E-state index contributed by atoms with van der Waals surface area (Å²) >= 11 is 0. The van der Waals surface area contributed by atoms with Crippen molar-refractivity contribution >= 4 is 28.8 Å². The van der Waals surface area contributed by atoms with Crippen molar-refractivity contribution in [1.29, 1.82) is 0 Å². The zero-order valence-corrected chi connectivity index (χ0v) is 25.8. The minimum Gasteiger partial charge on any atom is -0.375 e. The molecular weight excluding hydrogens is 572 g/mol. The van der Waals surface area contributed by atoms with Gasteiger partial charge < -0.3 is 29.9 Å². The monoisotopic (exact) mass is 610 g/mol. The predicted octanol–water partition coefficient (Wildman–Crippen LogP) is 2.88. The van der Waals surface area contributed by atoms with Crippen molar-refractivity contribution in [3.8, 4) is 22.5 Å². The predicted molar refractivity (Wildman–Crippen MR) is 171 cm³/mol. The van der Waals surface area contributed by atoms with E-state index in [0.29, 0.717) is 54.2 Å². The summed E-state index contributed by atoms with van der Waals surface area (Å²) in [4.78, 5) is 51.6. The van der Waals surface area contributed by atoms with Gasteiger partial charge in [-0.05, 0) is 48.5 Å². The van der Waals surface area contributed by atoms with Gasteiger partial charge in [-0.3, -0.25) is 14.4 Å². The fourth-order valence-electron chi connectivity index (χ4n) is 5.20. The van der Waals surface area contributed by atoms with Gasteiger partial charge in [0, 0.05) is 70.2 Å². The summed E-state index contributed by atoms with van der Waals surface area (Å²) in [5.74, 6) is -0.430. The average Bonchev–Trinajstić information content (AvgIpc) is 3.06. The first-order chi connectivity index (χ1) is 21.8. The first-order valence-electron chi connectivity index (χ1n) is 14.8. The fourth-order valence-corrected chi connectivity index (χ4v) is 5.20. The minimum absolute atomic E-state index is 0.0123. The zero-order chi connectivity index (χ0) is 31.8. The van der Waals surface area contributed by atoms with Crippen molar-refractivity contribution < 1.29 is 23.9 Å². The summed E-state index contributed by atoms with van der Waals surface area (Å²) in [5, 5.41) is 5.72. The van der Waals surface area contributed by atoms with Crippen LogP contribution in [0, 0.1) is 0 Å². The standard InChI is InChI=1S/C34H38N6O5/c1-39-12-14-40(15-13-39)34(43)27-10-11-28-29(18-27)38-33(26-9-5-7-24(17-26)20-36-31(42)22-45-3)32(37-28)25-8-4-6-23(16-25)19-35-30(41)21-44-2/h4-11,16-18H,12-15,19-22H2,1-3H3,(H,35,41)(H,36,42). The van der Waals surface area contributed by atoms with E-state index >= 15 is 0 Å². The van der Waals surface area contributed by atoms with Gasteiger partial charge in [-0.2, -0.15) is 0 Å². The summed E-state index contributed by atoms with van der Waals surface area (Å²) in [7, 11) is 5.02. The molecule has 5 rings (SSSR count). The third-order valence-corrected chi connectivity index (χ3v) is 7.63. The van der Waals surface area contributed by atoms with Gasteiger partial charge in [-0.1, -0.05) is 36.4 Å². The number of hydrogen-bond acceptors (Lipinski definition) is 8. The van der Waals surface area contributed by atoms with Gasteiger partial charge in [0.15, 0.2) is 0 Å². The topological polar surface area (TPSA) is 126 Å². The van der Waals surface area contributed by atoms with Crippen LogP contribution in [0.1, 0.15) is 21.5 Å². The average molecular weight is 611 g/mol. The molecule has 2 heterocycles. The van der Waals surface area contributed by atoms with Crippen LogP contribution in [0.4, 0.5) is 0 Å². The molecule has 0 aliphatic carbocycles. The molecule has 2 N–H and O–H groups in total. The molecule has 0 spiro atoms. The number of carbonyl (C=O) groups is 3. The lowest BCUT2D eigenvalue weighted by Gasteiger charge is -2.32. The number of piperazine rings is 1. The summed E-state index contributed by atoms with van der Waals surface area (Å²) in [6.07, 6.45) is 0. The molecule has 1 aliphatic rings. The van der Waals surface area contributed by atoms with E-state index in [2.05, 4.69) is 22.6 Å². The van der Waals surface area contributed by atoms with E-state index in [1.807, 2.05) is 71.6 Å². The van der Waals surface area contributed by atoms with Gasteiger partial charge in [0.25, 0.3) is 5.91 Å². The Morgan fingerprint density at radius 2 is 1.24 bits per heavy atom. The lowest BCUT2D eigenvalue weighted by Crippen LogP contribution is -2.47. The van der Waals surface area contributed by atoms with Crippen LogP contribution >= 0.6 is 0 Å². The number of likely N-dealkylation sites (N-methyl/N-ethyl adjacent to an activating group) is 1. The first kappa shape index (κ1) is 31.7. The van der Waals surface area contributed by atoms with E-state index in [9.17, 15) is 14.4 Å². The number of fused-ring (bicyclic) bond motifs is 1. The highest BCUT2D eigenvalue weighted by molar-refractivity contribution is 5.98. The van der Waals surface area contributed by atoms with Gasteiger partial charge >= 0.3 is 0 Å². The van der Waals surface area contributed by atoms with E-state index in [1.54, 1.807) is 0 Å². The molecule has 11 heteroatoms. The number of rotatable bonds is 11. The Morgan fingerprint density at radius 1 is 0.711 bits per heavy atom. The maximum absolute atomic E-state index is 13.4. The van der Waals surface area contributed by atoms with Crippen molar-refractivity contribution in [1.82, 2.24) is 30.4 Å². The Balaban J connectivity index is 1.54. The van der Waals surface area contributed by atoms with E-state index in [-0.39, 0.29) is 30.9 Å². The van der Waals surface area contributed by atoms with Gasteiger partial charge in [0.1, 0.15) is 13.2 Å². The molecule has 1 saturated heterocycles. The highest BCUT2D eigenvalue weighted by Crippen LogP contribution is 2.32. The lowest BCUT2D eigenvalue weighted by atomic mass is 10.00. The van der Waals surface area contributed by atoms with Gasteiger partial charge in [0.2, 0.25) is 11.8 Å². The fraction of sp³-hybridized carbons (Fsp3) is 0.324. The molecule has 3 aromatic carbocycles. The van der Waals surface area contributed by atoms with Crippen LogP contribution in [0.2, 0.25) is 0 Å². The molecule has 0 unspecified atom stereocenters. The van der Waals surface area contributed by atoms with E-state index in [1.165, 1.54) is 14.2 Å². The highest BCUT2D eigenvalue weighted by Gasteiger charge is 2.22.